The molecule has 6 nitrogen and oxygen atoms in total. The third-order valence-electron chi connectivity index (χ3n) is 3.69. The van der Waals surface area contributed by atoms with E-state index in [0.29, 0.717) is 17.0 Å². The molecule has 0 aromatic heterocycles. The van der Waals surface area contributed by atoms with E-state index < -0.39 is 17.6 Å². The molecule has 1 N–H and O–H groups in total. The second kappa shape index (κ2) is 7.69. The second-order valence-electron chi connectivity index (χ2n) is 5.44. The summed E-state index contributed by atoms with van der Waals surface area (Å²) in [5.41, 5.74) is 0.809. The Kier molecular flexibility index (Phi) is 5.17. The van der Waals surface area contributed by atoms with E-state index in [0.717, 1.165) is 0 Å². The lowest BCUT2D eigenvalue weighted by Crippen LogP contribution is -2.16. The van der Waals surface area contributed by atoms with Gasteiger partial charge in [-0.25, -0.2) is 9.18 Å². The van der Waals surface area contributed by atoms with Crippen molar-refractivity contribution in [1.82, 2.24) is 0 Å². The van der Waals surface area contributed by atoms with Gasteiger partial charge in [-0.1, -0.05) is 18.2 Å². The molecular weight excluding hydrogens is 341 g/mol. The van der Waals surface area contributed by atoms with Gasteiger partial charge in [-0.05, 0) is 30.3 Å². The van der Waals surface area contributed by atoms with Crippen LogP contribution in [0.3, 0.4) is 0 Å². The van der Waals surface area contributed by atoms with Crippen LogP contribution in [-0.4, -0.2) is 25.5 Å². The SMILES string of the molecule is COc1ccc(F)cc1COC(=O)C1=C(Nc2ccccc2)OCC1=O. The number of ketones is 1. The van der Waals surface area contributed by atoms with Crippen LogP contribution in [0.25, 0.3) is 0 Å². The fourth-order valence-electron chi connectivity index (χ4n) is 2.44. The molecule has 3 rings (SSSR count). The number of para-hydroxylation sites is 1. The Hall–Kier alpha value is -3.35. The van der Waals surface area contributed by atoms with Crippen molar-refractivity contribution in [1.29, 1.82) is 0 Å². The summed E-state index contributed by atoms with van der Waals surface area (Å²) < 4.78 is 28.9. The Bertz CT molecular complexity index is 863. The number of methoxy groups -OCH3 is 1. The number of esters is 1. The average Bonchev–Trinajstić information content (AvgIpc) is 3.01. The van der Waals surface area contributed by atoms with E-state index in [2.05, 4.69) is 5.32 Å². The minimum atomic E-state index is -0.850. The van der Waals surface area contributed by atoms with Gasteiger partial charge in [0, 0.05) is 11.3 Å². The Morgan fingerprint density at radius 3 is 2.73 bits per heavy atom. The van der Waals surface area contributed by atoms with Gasteiger partial charge in [0.05, 0.1) is 7.11 Å². The molecule has 0 radical (unpaired) electrons. The van der Waals surface area contributed by atoms with Crippen LogP contribution in [0, 0.1) is 5.82 Å². The minimum absolute atomic E-state index is 0.0393. The summed E-state index contributed by atoms with van der Waals surface area (Å²) >= 11 is 0. The van der Waals surface area contributed by atoms with Gasteiger partial charge >= 0.3 is 5.97 Å². The van der Waals surface area contributed by atoms with Crippen LogP contribution in [0.4, 0.5) is 10.1 Å². The molecule has 2 aromatic rings. The lowest BCUT2D eigenvalue weighted by Gasteiger charge is -2.11. The maximum absolute atomic E-state index is 13.4. The molecule has 1 aliphatic heterocycles. The summed E-state index contributed by atoms with van der Waals surface area (Å²) in [6, 6.07) is 12.8. The predicted molar refractivity (Wildman–Crippen MR) is 90.8 cm³/mol. The molecule has 0 atom stereocenters. The molecule has 7 heteroatoms. The van der Waals surface area contributed by atoms with Crippen molar-refractivity contribution in [2.24, 2.45) is 0 Å². The maximum Gasteiger partial charge on any atom is 0.347 e. The number of halogens is 1. The van der Waals surface area contributed by atoms with Crippen molar-refractivity contribution >= 4 is 17.4 Å². The zero-order valence-electron chi connectivity index (χ0n) is 14.0. The Labute approximate surface area is 149 Å². The van der Waals surface area contributed by atoms with Crippen LogP contribution in [0.2, 0.25) is 0 Å². The Balaban J connectivity index is 1.76. The number of carbonyl (C=O) groups is 2. The van der Waals surface area contributed by atoms with Crippen molar-refractivity contribution < 1.29 is 28.2 Å². The number of ether oxygens (including phenoxy) is 3. The van der Waals surface area contributed by atoms with Crippen LogP contribution in [0.1, 0.15) is 5.56 Å². The molecule has 2 aromatic carbocycles. The molecule has 0 fully saturated rings. The smallest absolute Gasteiger partial charge is 0.347 e. The summed E-state index contributed by atoms with van der Waals surface area (Å²) in [4.78, 5) is 24.4. The van der Waals surface area contributed by atoms with Gasteiger partial charge in [0.2, 0.25) is 11.7 Å². The lowest BCUT2D eigenvalue weighted by molar-refractivity contribution is -0.141. The first-order chi connectivity index (χ1) is 12.6. The summed E-state index contributed by atoms with van der Waals surface area (Å²) in [7, 11) is 1.43. The topological polar surface area (TPSA) is 73.9 Å². The first kappa shape index (κ1) is 17.5. The van der Waals surface area contributed by atoms with Crippen molar-refractivity contribution in [3.8, 4) is 5.75 Å². The number of Topliss-reactive ketones (excluding diaryl/α,β-unsaturated/α-hetero) is 1. The van der Waals surface area contributed by atoms with Crippen LogP contribution in [0.15, 0.2) is 60.0 Å². The number of benzene rings is 2. The van der Waals surface area contributed by atoms with E-state index in [1.807, 2.05) is 6.07 Å². The van der Waals surface area contributed by atoms with E-state index in [1.54, 1.807) is 24.3 Å². The van der Waals surface area contributed by atoms with Crippen molar-refractivity contribution in [3.05, 3.63) is 71.4 Å². The third kappa shape index (κ3) is 3.83. The molecule has 0 unspecified atom stereocenters. The molecular formula is C19H16FNO5. The first-order valence-corrected chi connectivity index (χ1v) is 7.80. The molecule has 26 heavy (non-hydrogen) atoms. The molecule has 0 amide bonds. The highest BCUT2D eigenvalue weighted by Crippen LogP contribution is 2.23. The Morgan fingerprint density at radius 1 is 1.23 bits per heavy atom. The zero-order valence-corrected chi connectivity index (χ0v) is 14.0. The fraction of sp³-hybridized carbons (Fsp3) is 0.158. The van der Waals surface area contributed by atoms with Gasteiger partial charge in [0.25, 0.3) is 0 Å². The van der Waals surface area contributed by atoms with E-state index in [9.17, 15) is 14.0 Å². The molecule has 0 saturated carbocycles. The highest BCUT2D eigenvalue weighted by molar-refractivity contribution is 6.19. The number of carbonyl (C=O) groups excluding carboxylic acids is 2. The van der Waals surface area contributed by atoms with Gasteiger partial charge < -0.3 is 19.5 Å². The molecule has 0 bridgehead atoms. The highest BCUT2D eigenvalue weighted by atomic mass is 19.1. The lowest BCUT2D eigenvalue weighted by atomic mass is 10.2. The number of nitrogens with one attached hydrogen (secondary N) is 1. The van der Waals surface area contributed by atoms with E-state index in [4.69, 9.17) is 14.2 Å². The normalized spacial score (nSPS) is 13.4. The van der Waals surface area contributed by atoms with Crippen LogP contribution in [0.5, 0.6) is 5.75 Å². The highest BCUT2D eigenvalue weighted by Gasteiger charge is 2.32. The molecule has 0 spiro atoms. The van der Waals surface area contributed by atoms with Crippen LogP contribution < -0.4 is 10.1 Å². The van der Waals surface area contributed by atoms with Crippen molar-refractivity contribution in [3.63, 3.8) is 0 Å². The van der Waals surface area contributed by atoms with Crippen LogP contribution in [-0.2, 0) is 25.7 Å². The summed E-state index contributed by atoms with van der Waals surface area (Å²) in [5.74, 6) is -1.40. The molecule has 0 aliphatic carbocycles. The minimum Gasteiger partial charge on any atom is -0.496 e. The van der Waals surface area contributed by atoms with E-state index in [1.165, 1.54) is 25.3 Å². The summed E-state index contributed by atoms with van der Waals surface area (Å²) in [5, 5.41) is 2.88. The van der Waals surface area contributed by atoms with E-state index >= 15 is 0 Å². The maximum atomic E-state index is 13.4. The molecule has 1 heterocycles. The fourth-order valence-corrected chi connectivity index (χ4v) is 2.44. The average molecular weight is 357 g/mol. The van der Waals surface area contributed by atoms with Gasteiger partial charge in [-0.15, -0.1) is 0 Å². The summed E-state index contributed by atoms with van der Waals surface area (Å²) in [6.07, 6.45) is 0. The van der Waals surface area contributed by atoms with Crippen molar-refractivity contribution in [2.75, 3.05) is 19.0 Å². The monoisotopic (exact) mass is 357 g/mol. The number of rotatable bonds is 6. The van der Waals surface area contributed by atoms with Gasteiger partial charge in [-0.2, -0.15) is 0 Å². The zero-order chi connectivity index (χ0) is 18.5. The van der Waals surface area contributed by atoms with Crippen LogP contribution >= 0.6 is 0 Å². The molecule has 134 valence electrons. The van der Waals surface area contributed by atoms with E-state index in [-0.39, 0.29) is 24.7 Å². The first-order valence-electron chi connectivity index (χ1n) is 7.80. The largest absolute Gasteiger partial charge is 0.496 e. The molecule has 0 saturated heterocycles. The Morgan fingerprint density at radius 2 is 2.00 bits per heavy atom. The summed E-state index contributed by atoms with van der Waals surface area (Å²) in [6.45, 7) is -0.488. The number of anilines is 1. The predicted octanol–water partition coefficient (Wildman–Crippen LogP) is 2.80. The van der Waals surface area contributed by atoms with Crippen molar-refractivity contribution in [2.45, 2.75) is 6.61 Å². The number of hydrogen-bond acceptors (Lipinski definition) is 6. The number of hydrogen-bond donors (Lipinski definition) is 1. The quantitative estimate of drug-likeness (QED) is 0.633. The van der Waals surface area contributed by atoms with Gasteiger partial charge in [0.15, 0.2) is 12.2 Å². The third-order valence-corrected chi connectivity index (χ3v) is 3.69. The standard InChI is InChI=1S/C19H16FNO5/c1-24-16-8-7-13(20)9-12(16)10-26-19(23)17-15(22)11-25-18(17)21-14-5-3-2-4-6-14/h2-9,21H,10-11H2,1H3. The van der Waals surface area contributed by atoms with Gasteiger partial charge in [-0.3, -0.25) is 4.79 Å². The molecule has 1 aliphatic rings. The van der Waals surface area contributed by atoms with Gasteiger partial charge in [0.1, 0.15) is 18.2 Å². The second-order valence-corrected chi connectivity index (χ2v) is 5.44.